The summed E-state index contributed by atoms with van der Waals surface area (Å²) in [4.78, 5) is 7.60. The molecule has 0 radical (unpaired) electrons. The van der Waals surface area contributed by atoms with Gasteiger partial charge in [-0.15, -0.1) is 0 Å². The van der Waals surface area contributed by atoms with Crippen LogP contribution < -0.4 is 5.32 Å². The molecule has 3 rings (SSSR count). The fraction of sp³-hybridized carbons (Fsp3) is 0.133. The number of nitrogens with one attached hydrogen (secondary N) is 2. The Hall–Kier alpha value is -1.52. The van der Waals surface area contributed by atoms with E-state index in [2.05, 4.69) is 31.2 Å². The van der Waals surface area contributed by atoms with E-state index in [1.165, 1.54) is 0 Å². The number of pyridine rings is 1. The van der Waals surface area contributed by atoms with Gasteiger partial charge < -0.3 is 10.3 Å². The van der Waals surface area contributed by atoms with Gasteiger partial charge in [0.1, 0.15) is 4.60 Å². The highest BCUT2D eigenvalue weighted by molar-refractivity contribution is 9.10. The van der Waals surface area contributed by atoms with E-state index in [9.17, 15) is 0 Å². The number of nitrogens with zero attached hydrogens (tertiary/aromatic N) is 1. The lowest BCUT2D eigenvalue weighted by molar-refractivity contribution is 1.07. The van der Waals surface area contributed by atoms with E-state index in [0.717, 1.165) is 37.5 Å². The number of rotatable bonds is 3. The number of para-hydroxylation sites is 1. The van der Waals surface area contributed by atoms with Crippen LogP contribution in [0.2, 0.25) is 5.02 Å². The Kier molecular flexibility index (Phi) is 3.68. The van der Waals surface area contributed by atoms with Gasteiger partial charge in [0.25, 0.3) is 0 Å². The molecule has 20 heavy (non-hydrogen) atoms. The lowest BCUT2D eigenvalue weighted by Crippen LogP contribution is -2.01. The molecule has 2 N–H and O–H groups in total. The highest BCUT2D eigenvalue weighted by atomic mass is 79.9. The van der Waals surface area contributed by atoms with Crippen LogP contribution >= 0.6 is 27.5 Å². The van der Waals surface area contributed by atoms with Gasteiger partial charge >= 0.3 is 0 Å². The van der Waals surface area contributed by atoms with Crippen LogP contribution in [-0.2, 0) is 6.54 Å². The van der Waals surface area contributed by atoms with Gasteiger partial charge in [-0.1, -0.05) is 29.8 Å². The summed E-state index contributed by atoms with van der Waals surface area (Å²) < 4.78 is 0.867. The van der Waals surface area contributed by atoms with E-state index in [-0.39, 0.29) is 0 Å². The smallest absolute Gasteiger partial charge is 0.109 e. The number of fused-ring (bicyclic) bond motifs is 1. The van der Waals surface area contributed by atoms with Crippen molar-refractivity contribution < 1.29 is 0 Å². The largest absolute Gasteiger partial charge is 0.378 e. The van der Waals surface area contributed by atoms with Gasteiger partial charge in [-0.2, -0.15) is 0 Å². The number of halogens is 2. The first-order valence-electron chi connectivity index (χ1n) is 6.26. The monoisotopic (exact) mass is 349 g/mol. The molecule has 0 atom stereocenters. The van der Waals surface area contributed by atoms with Crippen LogP contribution in [0.4, 0.5) is 5.69 Å². The molecule has 0 aliphatic rings. The molecule has 0 saturated carbocycles. The van der Waals surface area contributed by atoms with Crippen LogP contribution in [0.15, 0.2) is 41.1 Å². The lowest BCUT2D eigenvalue weighted by atomic mass is 10.2. The Bertz CT molecular complexity index is 767. The molecule has 102 valence electrons. The summed E-state index contributed by atoms with van der Waals surface area (Å²) in [6, 6.07) is 10.1. The highest BCUT2D eigenvalue weighted by Crippen LogP contribution is 2.27. The molecule has 0 unspecified atom stereocenters. The summed E-state index contributed by atoms with van der Waals surface area (Å²) >= 11 is 9.78. The van der Waals surface area contributed by atoms with Crippen LogP contribution in [0.3, 0.4) is 0 Å². The standard InChI is InChI=1S/C15H13BrClN3/c1-9-6-10(7-19-15(9)16)18-8-13-14(17)11-4-2-3-5-12(11)20-13/h2-7,18,20H,8H2,1H3. The number of hydrogen-bond acceptors (Lipinski definition) is 2. The van der Waals surface area contributed by atoms with Gasteiger partial charge in [-0.05, 0) is 40.5 Å². The molecule has 0 aliphatic heterocycles. The van der Waals surface area contributed by atoms with E-state index in [1.54, 1.807) is 6.20 Å². The fourth-order valence-corrected chi connectivity index (χ4v) is 2.63. The molecule has 0 spiro atoms. The van der Waals surface area contributed by atoms with Gasteiger partial charge in [0.2, 0.25) is 0 Å². The van der Waals surface area contributed by atoms with Crippen molar-refractivity contribution in [3.05, 3.63) is 57.4 Å². The maximum absolute atomic E-state index is 6.39. The van der Waals surface area contributed by atoms with Gasteiger partial charge in [-0.25, -0.2) is 4.98 Å². The van der Waals surface area contributed by atoms with Crippen LogP contribution in [0.5, 0.6) is 0 Å². The second kappa shape index (κ2) is 5.46. The molecule has 0 fully saturated rings. The first-order valence-corrected chi connectivity index (χ1v) is 7.43. The number of aryl methyl sites for hydroxylation is 1. The summed E-state index contributed by atoms with van der Waals surface area (Å²) in [6.07, 6.45) is 1.80. The molecule has 5 heteroatoms. The van der Waals surface area contributed by atoms with E-state index in [4.69, 9.17) is 11.6 Å². The Morgan fingerprint density at radius 1 is 1.35 bits per heavy atom. The maximum atomic E-state index is 6.39. The van der Waals surface area contributed by atoms with Crippen LogP contribution in [0.1, 0.15) is 11.3 Å². The minimum absolute atomic E-state index is 0.635. The quantitative estimate of drug-likeness (QED) is 0.660. The minimum atomic E-state index is 0.635. The summed E-state index contributed by atoms with van der Waals surface area (Å²) in [5, 5.41) is 5.16. The Labute approximate surface area is 130 Å². The third kappa shape index (κ3) is 2.53. The van der Waals surface area contributed by atoms with Gasteiger partial charge in [0.05, 0.1) is 29.1 Å². The molecule has 1 aromatic carbocycles. The van der Waals surface area contributed by atoms with Crippen LogP contribution in [-0.4, -0.2) is 9.97 Å². The van der Waals surface area contributed by atoms with Crippen molar-refractivity contribution in [2.45, 2.75) is 13.5 Å². The van der Waals surface area contributed by atoms with Crippen molar-refractivity contribution in [2.24, 2.45) is 0 Å². The third-order valence-corrected chi connectivity index (χ3v) is 4.46. The number of benzene rings is 1. The molecular weight excluding hydrogens is 338 g/mol. The van der Waals surface area contributed by atoms with E-state index >= 15 is 0 Å². The van der Waals surface area contributed by atoms with Gasteiger partial charge in [-0.3, -0.25) is 0 Å². The fourth-order valence-electron chi connectivity index (χ4n) is 2.13. The summed E-state index contributed by atoms with van der Waals surface area (Å²) in [5.41, 5.74) is 4.10. The van der Waals surface area contributed by atoms with Crippen molar-refractivity contribution in [3.8, 4) is 0 Å². The number of hydrogen-bond donors (Lipinski definition) is 2. The van der Waals surface area contributed by atoms with Crippen molar-refractivity contribution in [1.82, 2.24) is 9.97 Å². The molecule has 2 aromatic heterocycles. The first-order chi connectivity index (χ1) is 9.65. The Morgan fingerprint density at radius 3 is 2.90 bits per heavy atom. The first kappa shape index (κ1) is 13.5. The number of aromatic nitrogens is 2. The highest BCUT2D eigenvalue weighted by Gasteiger charge is 2.08. The van der Waals surface area contributed by atoms with E-state index in [1.807, 2.05) is 37.3 Å². The average Bonchev–Trinajstić information content (AvgIpc) is 2.77. The molecule has 0 aliphatic carbocycles. The van der Waals surface area contributed by atoms with Crippen molar-refractivity contribution in [1.29, 1.82) is 0 Å². The van der Waals surface area contributed by atoms with Gasteiger partial charge in [0.15, 0.2) is 0 Å². The predicted octanol–water partition coefficient (Wildman–Crippen LogP) is 4.90. The van der Waals surface area contributed by atoms with Crippen LogP contribution in [0, 0.1) is 6.92 Å². The predicted molar refractivity (Wildman–Crippen MR) is 87.3 cm³/mol. The number of aromatic amines is 1. The Morgan fingerprint density at radius 2 is 2.15 bits per heavy atom. The minimum Gasteiger partial charge on any atom is -0.378 e. The second-order valence-corrected chi connectivity index (χ2v) is 5.78. The Balaban J connectivity index is 1.83. The summed E-state index contributed by atoms with van der Waals surface area (Å²) in [7, 11) is 0. The second-order valence-electron chi connectivity index (χ2n) is 4.65. The molecule has 0 amide bonds. The van der Waals surface area contributed by atoms with E-state index < -0.39 is 0 Å². The maximum Gasteiger partial charge on any atom is 0.109 e. The zero-order valence-corrected chi connectivity index (χ0v) is 13.2. The number of H-pyrrole nitrogens is 1. The SMILES string of the molecule is Cc1cc(NCc2[nH]c3ccccc3c2Cl)cnc1Br. The zero-order chi connectivity index (χ0) is 14.1. The summed E-state index contributed by atoms with van der Waals surface area (Å²) in [6.45, 7) is 2.65. The number of anilines is 1. The molecular formula is C15H13BrClN3. The summed E-state index contributed by atoms with van der Waals surface area (Å²) in [5.74, 6) is 0. The molecule has 3 nitrogen and oxygen atoms in total. The molecule has 2 heterocycles. The van der Waals surface area contributed by atoms with Crippen LogP contribution in [0.25, 0.3) is 10.9 Å². The zero-order valence-electron chi connectivity index (χ0n) is 10.9. The van der Waals surface area contributed by atoms with E-state index in [0.29, 0.717) is 6.54 Å². The lowest BCUT2D eigenvalue weighted by Gasteiger charge is -2.07. The normalized spacial score (nSPS) is 10.9. The van der Waals surface area contributed by atoms with Crippen molar-refractivity contribution in [2.75, 3.05) is 5.32 Å². The van der Waals surface area contributed by atoms with Gasteiger partial charge in [0, 0.05) is 10.9 Å². The van der Waals surface area contributed by atoms with Crippen molar-refractivity contribution in [3.63, 3.8) is 0 Å². The molecule has 0 bridgehead atoms. The van der Waals surface area contributed by atoms with Crippen molar-refractivity contribution >= 4 is 44.1 Å². The average molecular weight is 351 g/mol. The topological polar surface area (TPSA) is 40.7 Å². The molecule has 0 saturated heterocycles. The third-order valence-electron chi connectivity index (χ3n) is 3.20. The molecule has 3 aromatic rings.